The number of benzene rings is 1. The van der Waals surface area contributed by atoms with E-state index in [9.17, 15) is 23.1 Å². The first-order chi connectivity index (χ1) is 11.6. The molecule has 0 saturated carbocycles. The van der Waals surface area contributed by atoms with E-state index in [-0.39, 0.29) is 28.9 Å². The van der Waals surface area contributed by atoms with E-state index >= 15 is 0 Å². The summed E-state index contributed by atoms with van der Waals surface area (Å²) in [6.07, 6.45) is 1.51. The molecule has 140 valence electrons. The van der Waals surface area contributed by atoms with Crippen LogP contribution < -0.4 is 5.32 Å². The van der Waals surface area contributed by atoms with Gasteiger partial charge in [-0.1, -0.05) is 31.0 Å². The van der Waals surface area contributed by atoms with Crippen molar-refractivity contribution < 1.29 is 23.1 Å². The molecule has 1 aromatic carbocycles. The zero-order chi connectivity index (χ0) is 19.2. The highest BCUT2D eigenvalue weighted by molar-refractivity contribution is 7.89. The van der Waals surface area contributed by atoms with Gasteiger partial charge in [-0.05, 0) is 31.0 Å². The van der Waals surface area contributed by atoms with E-state index in [0.29, 0.717) is 6.42 Å². The predicted molar refractivity (Wildman–Crippen MR) is 95.1 cm³/mol. The number of rotatable bonds is 9. The van der Waals surface area contributed by atoms with Crippen LogP contribution in [0.4, 0.5) is 0 Å². The van der Waals surface area contributed by atoms with Crippen LogP contribution in [0.1, 0.15) is 32.8 Å². The summed E-state index contributed by atoms with van der Waals surface area (Å²) in [7, 11) is -4.15. The molecule has 7 nitrogen and oxygen atoms in total. The molecule has 0 bridgehead atoms. The summed E-state index contributed by atoms with van der Waals surface area (Å²) in [6.45, 7) is 4.36. The highest BCUT2D eigenvalue weighted by Crippen LogP contribution is 2.27. The maximum atomic E-state index is 13.0. The zero-order valence-corrected chi connectivity index (χ0v) is 16.0. The third kappa shape index (κ3) is 5.69. The molecule has 2 N–H and O–H groups in total. The lowest BCUT2D eigenvalue weighted by Crippen LogP contribution is -2.46. The second-order valence-corrected chi connectivity index (χ2v) is 7.89. The van der Waals surface area contributed by atoms with Crippen LogP contribution in [0, 0.1) is 0 Å². The minimum atomic E-state index is -4.15. The quantitative estimate of drug-likeness (QED) is 0.670. The van der Waals surface area contributed by atoms with E-state index in [1.54, 1.807) is 6.07 Å². The number of carbonyl (C=O) groups excluding carboxylic acids is 1. The van der Waals surface area contributed by atoms with Crippen molar-refractivity contribution in [2.75, 3.05) is 13.1 Å². The van der Waals surface area contributed by atoms with Crippen LogP contribution in [0.15, 0.2) is 23.1 Å². The Labute approximate surface area is 153 Å². The molecule has 0 aliphatic rings. The SMILES string of the molecule is CCCc1ccc(Cl)c(S(=O)(=O)N(CCNC(C)=O)C(C)C(=O)O)c1. The number of aryl methyl sites for hydroxylation is 1. The van der Waals surface area contributed by atoms with Gasteiger partial charge in [0.2, 0.25) is 15.9 Å². The van der Waals surface area contributed by atoms with Gasteiger partial charge in [0.1, 0.15) is 10.9 Å². The van der Waals surface area contributed by atoms with Crippen molar-refractivity contribution in [3.8, 4) is 0 Å². The van der Waals surface area contributed by atoms with Gasteiger partial charge in [-0.2, -0.15) is 4.31 Å². The fraction of sp³-hybridized carbons (Fsp3) is 0.500. The van der Waals surface area contributed by atoms with Crippen LogP contribution in [0.25, 0.3) is 0 Å². The van der Waals surface area contributed by atoms with E-state index in [1.165, 1.54) is 26.0 Å². The Morgan fingerprint density at radius 3 is 2.52 bits per heavy atom. The topological polar surface area (TPSA) is 104 Å². The Morgan fingerprint density at radius 2 is 2.00 bits per heavy atom. The second kappa shape index (κ2) is 9.17. The molecule has 0 aromatic heterocycles. The number of carboxylic acids is 1. The van der Waals surface area contributed by atoms with Crippen molar-refractivity contribution in [2.24, 2.45) is 0 Å². The van der Waals surface area contributed by atoms with Gasteiger partial charge in [0.15, 0.2) is 0 Å². The number of aliphatic carboxylic acids is 1. The van der Waals surface area contributed by atoms with Gasteiger partial charge in [0, 0.05) is 20.0 Å². The van der Waals surface area contributed by atoms with Gasteiger partial charge in [-0.25, -0.2) is 8.42 Å². The molecule has 0 aliphatic heterocycles. The lowest BCUT2D eigenvalue weighted by atomic mass is 10.1. The molecule has 0 radical (unpaired) electrons. The Kier molecular flexibility index (Phi) is 7.85. The maximum absolute atomic E-state index is 13.0. The largest absolute Gasteiger partial charge is 0.480 e. The molecule has 0 heterocycles. The molecule has 1 aromatic rings. The number of carbonyl (C=O) groups is 2. The lowest BCUT2D eigenvalue weighted by Gasteiger charge is -2.26. The van der Waals surface area contributed by atoms with Crippen LogP contribution in [-0.2, 0) is 26.0 Å². The highest BCUT2D eigenvalue weighted by atomic mass is 35.5. The molecule has 0 fully saturated rings. The third-order valence-electron chi connectivity index (χ3n) is 3.62. The van der Waals surface area contributed by atoms with Crippen molar-refractivity contribution in [2.45, 2.75) is 44.6 Å². The normalized spacial score (nSPS) is 12.8. The monoisotopic (exact) mass is 390 g/mol. The molecular weight excluding hydrogens is 368 g/mol. The van der Waals surface area contributed by atoms with Crippen LogP contribution in [0.3, 0.4) is 0 Å². The Hall–Kier alpha value is -1.64. The van der Waals surface area contributed by atoms with E-state index in [4.69, 9.17) is 11.6 Å². The van der Waals surface area contributed by atoms with Crippen molar-refractivity contribution >= 4 is 33.5 Å². The summed E-state index contributed by atoms with van der Waals surface area (Å²) in [5, 5.41) is 11.8. The summed E-state index contributed by atoms with van der Waals surface area (Å²) in [4.78, 5) is 22.2. The number of sulfonamides is 1. The molecule has 9 heteroatoms. The van der Waals surface area contributed by atoms with Gasteiger partial charge in [-0.3, -0.25) is 9.59 Å². The second-order valence-electron chi connectivity index (χ2n) is 5.63. The van der Waals surface area contributed by atoms with Gasteiger partial charge < -0.3 is 10.4 Å². The zero-order valence-electron chi connectivity index (χ0n) is 14.5. The van der Waals surface area contributed by atoms with Gasteiger partial charge in [0.05, 0.1) is 5.02 Å². The number of amides is 1. The summed E-state index contributed by atoms with van der Waals surface area (Å²) >= 11 is 6.07. The first-order valence-electron chi connectivity index (χ1n) is 7.88. The Balaban J connectivity index is 3.28. The maximum Gasteiger partial charge on any atom is 0.321 e. The molecule has 25 heavy (non-hydrogen) atoms. The van der Waals surface area contributed by atoms with Crippen molar-refractivity contribution in [1.82, 2.24) is 9.62 Å². The molecule has 1 amide bonds. The average molecular weight is 391 g/mol. The Morgan fingerprint density at radius 1 is 1.36 bits per heavy atom. The summed E-state index contributed by atoms with van der Waals surface area (Å²) in [5.41, 5.74) is 0.801. The highest BCUT2D eigenvalue weighted by Gasteiger charge is 2.34. The van der Waals surface area contributed by atoms with Gasteiger partial charge in [0.25, 0.3) is 0 Å². The summed E-state index contributed by atoms with van der Waals surface area (Å²) in [6, 6.07) is 3.41. The van der Waals surface area contributed by atoms with E-state index in [1.807, 2.05) is 6.92 Å². The molecule has 1 rings (SSSR count). The first-order valence-corrected chi connectivity index (χ1v) is 9.70. The van der Waals surface area contributed by atoms with E-state index in [2.05, 4.69) is 5.32 Å². The fourth-order valence-electron chi connectivity index (χ4n) is 2.30. The number of hydrogen-bond acceptors (Lipinski definition) is 4. The number of nitrogens with one attached hydrogen (secondary N) is 1. The fourth-order valence-corrected chi connectivity index (χ4v) is 4.42. The molecule has 0 aliphatic carbocycles. The van der Waals surface area contributed by atoms with Crippen LogP contribution >= 0.6 is 11.6 Å². The van der Waals surface area contributed by atoms with Crippen LogP contribution in [-0.4, -0.2) is 48.8 Å². The summed E-state index contributed by atoms with van der Waals surface area (Å²) in [5.74, 6) is -1.62. The summed E-state index contributed by atoms with van der Waals surface area (Å²) < 4.78 is 26.8. The van der Waals surface area contributed by atoms with Gasteiger partial charge >= 0.3 is 5.97 Å². The third-order valence-corrected chi connectivity index (χ3v) is 6.07. The molecule has 1 atom stereocenters. The first kappa shape index (κ1) is 21.4. The number of carboxylic acid groups (broad SMARTS) is 1. The average Bonchev–Trinajstić information content (AvgIpc) is 2.52. The lowest BCUT2D eigenvalue weighted by molar-refractivity contribution is -0.140. The van der Waals surface area contributed by atoms with Crippen molar-refractivity contribution in [3.63, 3.8) is 0 Å². The van der Waals surface area contributed by atoms with Crippen molar-refractivity contribution in [1.29, 1.82) is 0 Å². The van der Waals surface area contributed by atoms with Crippen LogP contribution in [0.5, 0.6) is 0 Å². The van der Waals surface area contributed by atoms with E-state index in [0.717, 1.165) is 16.3 Å². The molecule has 0 spiro atoms. The standard InChI is InChI=1S/C16H23ClN2O5S/c1-4-5-13-6-7-14(17)15(10-13)25(23,24)19(11(2)16(21)22)9-8-18-12(3)20/h6-7,10-11H,4-5,8-9H2,1-3H3,(H,18,20)(H,21,22). The van der Waals surface area contributed by atoms with Gasteiger partial charge in [-0.15, -0.1) is 0 Å². The minimum absolute atomic E-state index is 0.00153. The predicted octanol–water partition coefficient (Wildman–Crippen LogP) is 1.89. The number of halogens is 1. The molecular formula is C16H23ClN2O5S. The molecule has 0 saturated heterocycles. The van der Waals surface area contributed by atoms with E-state index < -0.39 is 22.0 Å². The number of nitrogens with zero attached hydrogens (tertiary/aromatic N) is 1. The smallest absolute Gasteiger partial charge is 0.321 e. The number of hydrogen-bond donors (Lipinski definition) is 2. The minimum Gasteiger partial charge on any atom is -0.480 e. The van der Waals surface area contributed by atoms with Crippen molar-refractivity contribution in [3.05, 3.63) is 28.8 Å². The van der Waals surface area contributed by atoms with Crippen LogP contribution in [0.2, 0.25) is 5.02 Å². The Bertz CT molecular complexity index is 736. The molecule has 1 unspecified atom stereocenters.